The topological polar surface area (TPSA) is 38.9 Å². The Bertz CT molecular complexity index is 702. The van der Waals surface area contributed by atoms with Gasteiger partial charge in [0.15, 0.2) is 0 Å². The van der Waals surface area contributed by atoms with E-state index in [1.54, 1.807) is 11.3 Å². The van der Waals surface area contributed by atoms with Crippen molar-refractivity contribution in [2.45, 2.75) is 19.4 Å². The van der Waals surface area contributed by atoms with Gasteiger partial charge in [-0.15, -0.1) is 11.3 Å². The molecule has 3 heteroatoms. The molecule has 2 aromatic carbocycles. The van der Waals surface area contributed by atoms with E-state index in [0.29, 0.717) is 0 Å². The van der Waals surface area contributed by atoms with Crippen molar-refractivity contribution in [1.29, 1.82) is 0 Å². The molecule has 1 heterocycles. The SMILES string of the molecule is Cc1csc(CC(N)c2ccc(-c3ccccc3)cc2)n1. The van der Waals surface area contributed by atoms with Gasteiger partial charge < -0.3 is 5.73 Å². The minimum atomic E-state index is 0.000346. The number of aromatic nitrogens is 1. The second-order valence-corrected chi connectivity index (χ2v) is 6.12. The van der Waals surface area contributed by atoms with Crippen LogP contribution < -0.4 is 5.73 Å². The Morgan fingerprint density at radius 3 is 2.29 bits per heavy atom. The summed E-state index contributed by atoms with van der Waals surface area (Å²) in [6, 6.07) is 18.9. The number of rotatable bonds is 4. The van der Waals surface area contributed by atoms with Gasteiger partial charge in [-0.2, -0.15) is 0 Å². The van der Waals surface area contributed by atoms with Crippen molar-refractivity contribution in [3.63, 3.8) is 0 Å². The molecule has 3 rings (SSSR count). The highest BCUT2D eigenvalue weighted by molar-refractivity contribution is 7.09. The molecular weight excluding hydrogens is 276 g/mol. The summed E-state index contributed by atoms with van der Waals surface area (Å²) < 4.78 is 0. The Labute approximate surface area is 129 Å². The normalized spacial score (nSPS) is 12.3. The van der Waals surface area contributed by atoms with Crippen LogP contribution in [0.1, 0.15) is 22.3 Å². The van der Waals surface area contributed by atoms with Gasteiger partial charge in [0.25, 0.3) is 0 Å². The van der Waals surface area contributed by atoms with Crippen LogP contribution in [0.2, 0.25) is 0 Å². The van der Waals surface area contributed by atoms with Crippen LogP contribution in [0, 0.1) is 6.92 Å². The summed E-state index contributed by atoms with van der Waals surface area (Å²) in [6.45, 7) is 2.01. The molecule has 0 aliphatic rings. The molecule has 0 spiro atoms. The third-order valence-corrected chi connectivity index (χ3v) is 4.50. The Balaban J connectivity index is 1.74. The Kier molecular flexibility index (Phi) is 4.13. The third-order valence-electron chi connectivity index (χ3n) is 3.51. The highest BCUT2D eigenvalue weighted by Gasteiger charge is 2.09. The van der Waals surface area contributed by atoms with E-state index in [0.717, 1.165) is 22.7 Å². The molecule has 0 fully saturated rings. The molecule has 21 heavy (non-hydrogen) atoms. The molecule has 106 valence electrons. The lowest BCUT2D eigenvalue weighted by molar-refractivity contribution is 0.717. The molecule has 0 radical (unpaired) electrons. The second-order valence-electron chi connectivity index (χ2n) is 5.18. The molecule has 1 aromatic heterocycles. The Morgan fingerprint density at radius 2 is 1.67 bits per heavy atom. The van der Waals surface area contributed by atoms with Gasteiger partial charge in [-0.3, -0.25) is 0 Å². The van der Waals surface area contributed by atoms with Gasteiger partial charge in [0.05, 0.1) is 5.01 Å². The van der Waals surface area contributed by atoms with Crippen molar-refractivity contribution < 1.29 is 0 Å². The van der Waals surface area contributed by atoms with Gasteiger partial charge in [0, 0.05) is 23.5 Å². The van der Waals surface area contributed by atoms with Gasteiger partial charge >= 0.3 is 0 Å². The molecule has 2 N–H and O–H groups in total. The first-order valence-corrected chi connectivity index (χ1v) is 7.92. The van der Waals surface area contributed by atoms with E-state index in [1.807, 2.05) is 13.0 Å². The van der Waals surface area contributed by atoms with Crippen molar-refractivity contribution in [2.24, 2.45) is 5.73 Å². The minimum absolute atomic E-state index is 0.000346. The van der Waals surface area contributed by atoms with Gasteiger partial charge in [-0.1, -0.05) is 54.6 Å². The van der Waals surface area contributed by atoms with E-state index in [-0.39, 0.29) is 6.04 Å². The summed E-state index contributed by atoms with van der Waals surface area (Å²) in [7, 11) is 0. The first-order chi connectivity index (χ1) is 10.2. The maximum absolute atomic E-state index is 6.29. The maximum atomic E-state index is 6.29. The summed E-state index contributed by atoms with van der Waals surface area (Å²) in [6.07, 6.45) is 0.795. The fourth-order valence-corrected chi connectivity index (χ4v) is 3.19. The van der Waals surface area contributed by atoms with Crippen LogP contribution >= 0.6 is 11.3 Å². The zero-order valence-corrected chi connectivity index (χ0v) is 12.8. The largest absolute Gasteiger partial charge is 0.324 e. The van der Waals surface area contributed by atoms with E-state index in [9.17, 15) is 0 Å². The van der Waals surface area contributed by atoms with Crippen LogP contribution in [0.5, 0.6) is 0 Å². The summed E-state index contributed by atoms with van der Waals surface area (Å²) in [5, 5.41) is 3.17. The molecule has 0 aliphatic heterocycles. The van der Waals surface area contributed by atoms with E-state index >= 15 is 0 Å². The first kappa shape index (κ1) is 14.0. The molecule has 0 bridgehead atoms. The minimum Gasteiger partial charge on any atom is -0.324 e. The van der Waals surface area contributed by atoms with Crippen molar-refractivity contribution in [3.8, 4) is 11.1 Å². The van der Waals surface area contributed by atoms with E-state index in [2.05, 4.69) is 58.9 Å². The molecular formula is C18H18N2S. The zero-order chi connectivity index (χ0) is 14.7. The van der Waals surface area contributed by atoms with Gasteiger partial charge in [0.2, 0.25) is 0 Å². The van der Waals surface area contributed by atoms with Crippen LogP contribution in [-0.2, 0) is 6.42 Å². The average Bonchev–Trinajstić information content (AvgIpc) is 2.93. The molecule has 1 atom stereocenters. The zero-order valence-electron chi connectivity index (χ0n) is 12.0. The summed E-state index contributed by atoms with van der Waals surface area (Å²) >= 11 is 1.68. The van der Waals surface area contributed by atoms with E-state index < -0.39 is 0 Å². The summed E-state index contributed by atoms with van der Waals surface area (Å²) in [4.78, 5) is 4.48. The Hall–Kier alpha value is -1.97. The van der Waals surface area contributed by atoms with Crippen LogP contribution in [0.25, 0.3) is 11.1 Å². The predicted molar refractivity (Wildman–Crippen MR) is 89.4 cm³/mol. The van der Waals surface area contributed by atoms with Crippen molar-refractivity contribution in [1.82, 2.24) is 4.98 Å². The molecule has 0 saturated carbocycles. The number of aryl methyl sites for hydroxylation is 1. The lowest BCUT2D eigenvalue weighted by Crippen LogP contribution is -2.13. The highest BCUT2D eigenvalue weighted by Crippen LogP contribution is 2.23. The number of benzene rings is 2. The van der Waals surface area contributed by atoms with Gasteiger partial charge in [-0.05, 0) is 23.6 Å². The van der Waals surface area contributed by atoms with Crippen LogP contribution in [0.15, 0.2) is 60.0 Å². The van der Waals surface area contributed by atoms with Crippen molar-refractivity contribution in [3.05, 3.63) is 76.2 Å². The second kappa shape index (κ2) is 6.20. The smallest absolute Gasteiger partial charge is 0.0947 e. The standard InChI is InChI=1S/C18H18N2S/c1-13-12-21-18(20-13)11-17(19)16-9-7-15(8-10-16)14-5-3-2-4-6-14/h2-10,12,17H,11,19H2,1H3. The average molecular weight is 294 g/mol. The molecule has 3 aromatic rings. The number of hydrogen-bond donors (Lipinski definition) is 1. The van der Waals surface area contributed by atoms with Crippen LogP contribution in [0.3, 0.4) is 0 Å². The highest BCUT2D eigenvalue weighted by atomic mass is 32.1. The number of nitrogens with two attached hydrogens (primary N) is 1. The molecule has 1 unspecified atom stereocenters. The number of hydrogen-bond acceptors (Lipinski definition) is 3. The van der Waals surface area contributed by atoms with E-state index in [1.165, 1.54) is 11.1 Å². The number of thiazole rings is 1. The fraction of sp³-hybridized carbons (Fsp3) is 0.167. The molecule has 2 nitrogen and oxygen atoms in total. The lowest BCUT2D eigenvalue weighted by atomic mass is 10.00. The summed E-state index contributed by atoms with van der Waals surface area (Å²) in [5.74, 6) is 0. The molecule has 0 amide bonds. The van der Waals surface area contributed by atoms with Crippen LogP contribution in [0.4, 0.5) is 0 Å². The molecule has 0 saturated heterocycles. The monoisotopic (exact) mass is 294 g/mol. The van der Waals surface area contributed by atoms with Gasteiger partial charge in [0.1, 0.15) is 0 Å². The first-order valence-electron chi connectivity index (χ1n) is 7.04. The van der Waals surface area contributed by atoms with Gasteiger partial charge in [-0.25, -0.2) is 4.98 Å². The quantitative estimate of drug-likeness (QED) is 0.776. The lowest BCUT2D eigenvalue weighted by Gasteiger charge is -2.11. The van der Waals surface area contributed by atoms with Crippen molar-refractivity contribution in [2.75, 3.05) is 0 Å². The van der Waals surface area contributed by atoms with E-state index in [4.69, 9.17) is 5.73 Å². The maximum Gasteiger partial charge on any atom is 0.0947 e. The van der Waals surface area contributed by atoms with Crippen molar-refractivity contribution >= 4 is 11.3 Å². The fourth-order valence-electron chi connectivity index (χ4n) is 2.36. The Morgan fingerprint density at radius 1 is 1.00 bits per heavy atom. The number of nitrogens with zero attached hydrogens (tertiary/aromatic N) is 1. The molecule has 0 aliphatic carbocycles. The third kappa shape index (κ3) is 3.38. The van der Waals surface area contributed by atoms with Crippen LogP contribution in [-0.4, -0.2) is 4.98 Å². The summed E-state index contributed by atoms with van der Waals surface area (Å²) in [5.41, 5.74) is 11.0. The predicted octanol–water partition coefficient (Wildman–Crippen LogP) is 4.36.